The molecule has 0 aromatic heterocycles. The van der Waals surface area contributed by atoms with Crippen LogP contribution in [-0.2, 0) is 21.6 Å². The fourth-order valence-corrected chi connectivity index (χ4v) is 6.07. The van der Waals surface area contributed by atoms with Crippen LogP contribution < -0.4 is 4.74 Å². The summed E-state index contributed by atoms with van der Waals surface area (Å²) in [5.74, 6) is -2.68. The largest absolute Gasteiger partial charge is 0.507 e. The van der Waals surface area contributed by atoms with Gasteiger partial charge >= 0.3 is 11.9 Å². The third kappa shape index (κ3) is 3.46. The van der Waals surface area contributed by atoms with Gasteiger partial charge in [0.1, 0.15) is 22.3 Å². The van der Waals surface area contributed by atoms with Gasteiger partial charge in [0.15, 0.2) is 11.4 Å². The molecule has 2 aliphatic heterocycles. The summed E-state index contributed by atoms with van der Waals surface area (Å²) in [6, 6.07) is 4.13. The van der Waals surface area contributed by atoms with Crippen LogP contribution in [0.15, 0.2) is 22.7 Å². The van der Waals surface area contributed by atoms with Crippen molar-refractivity contribution in [2.75, 3.05) is 0 Å². The molecule has 1 unspecified atom stereocenters. The summed E-state index contributed by atoms with van der Waals surface area (Å²) < 4.78 is 12.2. The molecule has 7 nitrogen and oxygen atoms in total. The number of esters is 1. The number of aliphatic carboxylic acids is 1. The standard InChI is InChI=1S/C23H10BrCl5O7/c24-9-4-7-11(5-10(9)30)35-21-8(3-6(1-2-12(31)32)20(33)19(21)29)23(7)14-13(22(34)36-23)15(25)17(27)18(28)16(14)26/h3-5,30,33H,1-2H2,(H,31,32). The molecule has 0 aliphatic carbocycles. The number of hydrogen-bond acceptors (Lipinski definition) is 6. The van der Waals surface area contributed by atoms with Crippen molar-refractivity contribution in [3.05, 3.63) is 75.6 Å². The predicted molar refractivity (Wildman–Crippen MR) is 137 cm³/mol. The fraction of sp³-hybridized carbons (Fsp3) is 0.130. The molecule has 186 valence electrons. The van der Waals surface area contributed by atoms with E-state index in [2.05, 4.69) is 15.9 Å². The van der Waals surface area contributed by atoms with E-state index >= 15 is 0 Å². The quantitative estimate of drug-likeness (QED) is 0.151. The summed E-state index contributed by atoms with van der Waals surface area (Å²) in [7, 11) is 0. The highest BCUT2D eigenvalue weighted by atomic mass is 79.9. The van der Waals surface area contributed by atoms with E-state index in [0.29, 0.717) is 0 Å². The molecular weight excluding hydrogens is 645 g/mol. The Morgan fingerprint density at radius 2 is 1.61 bits per heavy atom. The number of carbonyl (C=O) groups is 2. The molecule has 1 atom stereocenters. The molecule has 0 saturated carbocycles. The van der Waals surface area contributed by atoms with Gasteiger partial charge in [0.05, 0.1) is 30.1 Å². The Labute approximate surface area is 236 Å². The van der Waals surface area contributed by atoms with E-state index in [1.54, 1.807) is 0 Å². The molecule has 13 heteroatoms. The van der Waals surface area contributed by atoms with Crippen LogP contribution in [0, 0.1) is 0 Å². The lowest BCUT2D eigenvalue weighted by Gasteiger charge is -2.38. The zero-order valence-corrected chi connectivity index (χ0v) is 22.8. The molecule has 0 bridgehead atoms. The van der Waals surface area contributed by atoms with Gasteiger partial charge in [-0.05, 0) is 40.0 Å². The summed E-state index contributed by atoms with van der Waals surface area (Å²) in [5, 5.41) is 29.3. The fourth-order valence-electron chi connectivity index (χ4n) is 4.40. The maximum atomic E-state index is 13.3. The smallest absolute Gasteiger partial charge is 0.341 e. The normalized spacial score (nSPS) is 17.3. The monoisotopic (exact) mass is 652 g/mol. The third-order valence-corrected chi connectivity index (χ3v) is 8.76. The number of halogens is 6. The predicted octanol–water partition coefficient (Wildman–Crippen LogP) is 7.71. The van der Waals surface area contributed by atoms with Gasteiger partial charge < -0.3 is 24.8 Å². The van der Waals surface area contributed by atoms with Gasteiger partial charge in [0, 0.05) is 29.2 Å². The van der Waals surface area contributed by atoms with Gasteiger partial charge in [0.25, 0.3) is 0 Å². The van der Waals surface area contributed by atoms with Gasteiger partial charge in [-0.25, -0.2) is 4.79 Å². The number of fused-ring (bicyclic) bond motifs is 6. The molecule has 3 aromatic rings. The number of aromatic hydroxyl groups is 2. The number of aryl methyl sites for hydroxylation is 1. The highest BCUT2D eigenvalue weighted by Crippen LogP contribution is 2.63. The lowest BCUT2D eigenvalue weighted by atomic mass is 9.76. The van der Waals surface area contributed by atoms with Gasteiger partial charge in [0.2, 0.25) is 0 Å². The molecule has 0 radical (unpaired) electrons. The van der Waals surface area contributed by atoms with E-state index in [1.165, 1.54) is 18.2 Å². The Balaban J connectivity index is 1.95. The van der Waals surface area contributed by atoms with Crippen molar-refractivity contribution in [1.29, 1.82) is 0 Å². The molecule has 0 amide bonds. The van der Waals surface area contributed by atoms with E-state index in [1.807, 2.05) is 0 Å². The summed E-state index contributed by atoms with van der Waals surface area (Å²) in [5.41, 5.74) is -1.47. The zero-order chi connectivity index (χ0) is 26.3. The number of rotatable bonds is 3. The zero-order valence-electron chi connectivity index (χ0n) is 17.4. The van der Waals surface area contributed by atoms with E-state index in [-0.39, 0.29) is 87.5 Å². The highest BCUT2D eigenvalue weighted by molar-refractivity contribution is 9.10. The molecule has 1 spiro atoms. The molecule has 3 aromatic carbocycles. The summed E-state index contributed by atoms with van der Waals surface area (Å²) in [4.78, 5) is 24.5. The van der Waals surface area contributed by atoms with E-state index in [9.17, 15) is 19.8 Å². The number of benzene rings is 3. The molecule has 3 N–H and O–H groups in total. The highest BCUT2D eigenvalue weighted by Gasteiger charge is 2.57. The summed E-state index contributed by atoms with van der Waals surface area (Å²) in [6.45, 7) is 0. The first-order chi connectivity index (χ1) is 16.9. The Bertz CT molecular complexity index is 1540. The van der Waals surface area contributed by atoms with Crippen molar-refractivity contribution in [3.63, 3.8) is 0 Å². The van der Waals surface area contributed by atoms with Crippen molar-refractivity contribution in [1.82, 2.24) is 0 Å². The Morgan fingerprint density at radius 1 is 0.944 bits per heavy atom. The van der Waals surface area contributed by atoms with Crippen molar-refractivity contribution in [2.24, 2.45) is 0 Å². The van der Waals surface area contributed by atoms with Crippen LogP contribution >= 0.6 is 73.9 Å². The van der Waals surface area contributed by atoms with Crippen LogP contribution in [0.3, 0.4) is 0 Å². The number of phenols is 2. The average Bonchev–Trinajstić information content (AvgIpc) is 3.13. The van der Waals surface area contributed by atoms with Crippen molar-refractivity contribution >= 4 is 85.9 Å². The maximum Gasteiger partial charge on any atom is 0.341 e. The molecule has 5 rings (SSSR count). The van der Waals surface area contributed by atoms with E-state index in [0.717, 1.165) is 0 Å². The number of ether oxygens (including phenoxy) is 2. The third-order valence-electron chi connectivity index (χ3n) is 5.97. The van der Waals surface area contributed by atoms with Gasteiger partial charge in [-0.2, -0.15) is 0 Å². The second-order valence-corrected chi connectivity index (χ2v) is 10.7. The lowest BCUT2D eigenvalue weighted by Crippen LogP contribution is -2.33. The topological polar surface area (TPSA) is 113 Å². The van der Waals surface area contributed by atoms with E-state index < -0.39 is 23.3 Å². The molecule has 0 saturated heterocycles. The summed E-state index contributed by atoms with van der Waals surface area (Å²) >= 11 is 35.4. The van der Waals surface area contributed by atoms with Crippen molar-refractivity contribution < 1.29 is 34.4 Å². The van der Waals surface area contributed by atoms with Crippen LogP contribution in [0.2, 0.25) is 25.1 Å². The molecule has 36 heavy (non-hydrogen) atoms. The number of phenolic OH excluding ortho intramolecular Hbond substituents is 2. The number of carbonyl (C=O) groups excluding carboxylic acids is 1. The van der Waals surface area contributed by atoms with Crippen LogP contribution in [0.25, 0.3) is 0 Å². The van der Waals surface area contributed by atoms with Crippen LogP contribution in [-0.4, -0.2) is 27.3 Å². The van der Waals surface area contributed by atoms with Gasteiger partial charge in [-0.3, -0.25) is 4.79 Å². The minimum atomic E-state index is -1.87. The minimum absolute atomic E-state index is 0.0293. The molecular formula is C23H10BrCl5O7. The van der Waals surface area contributed by atoms with Gasteiger partial charge in [-0.1, -0.05) is 58.0 Å². The lowest BCUT2D eigenvalue weighted by molar-refractivity contribution is -0.136. The maximum absolute atomic E-state index is 13.3. The first-order valence-corrected chi connectivity index (χ1v) is 12.7. The van der Waals surface area contributed by atoms with Crippen molar-refractivity contribution in [2.45, 2.75) is 18.4 Å². The summed E-state index contributed by atoms with van der Waals surface area (Å²) in [6.07, 6.45) is -0.427. The number of carboxylic acids is 1. The van der Waals surface area contributed by atoms with Crippen LogP contribution in [0.4, 0.5) is 0 Å². The Morgan fingerprint density at radius 3 is 2.28 bits per heavy atom. The minimum Gasteiger partial charge on any atom is -0.507 e. The average molecular weight is 655 g/mol. The Hall–Kier alpha value is -2.07. The SMILES string of the molecule is O=C(O)CCc1cc2c(c(Cl)c1O)Oc1cc(O)c(Br)cc1C21OC(=O)c2c(Cl)c(Cl)c(Cl)c(Cl)c21. The number of hydrogen-bond donors (Lipinski definition) is 3. The second kappa shape index (κ2) is 8.75. The second-order valence-electron chi connectivity index (χ2n) is 7.95. The first kappa shape index (κ1) is 25.6. The van der Waals surface area contributed by atoms with E-state index in [4.69, 9.17) is 72.6 Å². The molecule has 2 aliphatic rings. The van der Waals surface area contributed by atoms with Crippen LogP contribution in [0.1, 0.15) is 39.0 Å². The van der Waals surface area contributed by atoms with Crippen LogP contribution in [0.5, 0.6) is 23.0 Å². The molecule has 0 fully saturated rings. The molecule has 2 heterocycles. The van der Waals surface area contributed by atoms with Crippen molar-refractivity contribution in [3.8, 4) is 23.0 Å². The first-order valence-electron chi connectivity index (χ1n) is 9.97. The Kier molecular flexibility index (Phi) is 6.22. The van der Waals surface area contributed by atoms with Gasteiger partial charge in [-0.15, -0.1) is 0 Å². The number of carboxylic acid groups (broad SMARTS) is 1.